The number of hydrogen-bond acceptors (Lipinski definition) is 6. The molecule has 1 unspecified atom stereocenters. The van der Waals surface area contributed by atoms with Crippen LogP contribution in [0, 0.1) is 0 Å². The summed E-state index contributed by atoms with van der Waals surface area (Å²) in [6.45, 7) is 0. The number of nitrogens with zero attached hydrogens (tertiary/aromatic N) is 4. The molecule has 1 saturated carbocycles. The molecule has 0 aliphatic heterocycles. The van der Waals surface area contributed by atoms with Gasteiger partial charge in [0.2, 0.25) is 0 Å². The van der Waals surface area contributed by atoms with Crippen molar-refractivity contribution in [3.05, 3.63) is 29.0 Å². The second kappa shape index (κ2) is 5.77. The summed E-state index contributed by atoms with van der Waals surface area (Å²) in [5.41, 5.74) is 3.87. The molecule has 3 N–H and O–H groups in total. The van der Waals surface area contributed by atoms with Gasteiger partial charge in [0.05, 0.1) is 28.9 Å². The third-order valence-electron chi connectivity index (χ3n) is 3.70. The number of nitrogens with two attached hydrogens (primary N) is 1. The Morgan fingerprint density at radius 2 is 2.32 bits per heavy atom. The van der Waals surface area contributed by atoms with E-state index in [4.69, 9.17) is 5.84 Å². The quantitative estimate of drug-likeness (QED) is 0.641. The summed E-state index contributed by atoms with van der Waals surface area (Å²) in [6, 6.07) is 2.70. The van der Waals surface area contributed by atoms with Gasteiger partial charge in [0.15, 0.2) is 0 Å². The van der Waals surface area contributed by atoms with E-state index in [0.29, 0.717) is 6.04 Å². The maximum absolute atomic E-state index is 5.61. The Hall–Kier alpha value is -1.31. The first-order valence-electron chi connectivity index (χ1n) is 6.64. The lowest BCUT2D eigenvalue weighted by Gasteiger charge is -2.12. The van der Waals surface area contributed by atoms with Gasteiger partial charge >= 0.3 is 0 Å². The van der Waals surface area contributed by atoms with Crippen molar-refractivity contribution >= 4 is 11.5 Å². The van der Waals surface area contributed by atoms with E-state index < -0.39 is 0 Å². The molecule has 102 valence electrons. The Balaban J connectivity index is 1.69. The average Bonchev–Trinajstić information content (AvgIpc) is 3.15. The summed E-state index contributed by atoms with van der Waals surface area (Å²) in [4.78, 5) is 1.04. The summed E-state index contributed by atoms with van der Waals surface area (Å²) < 4.78 is 5.98. The van der Waals surface area contributed by atoms with Gasteiger partial charge in [0.25, 0.3) is 0 Å². The highest BCUT2D eigenvalue weighted by Crippen LogP contribution is 2.29. The van der Waals surface area contributed by atoms with Crippen molar-refractivity contribution in [1.82, 2.24) is 24.8 Å². The van der Waals surface area contributed by atoms with Gasteiger partial charge in [0, 0.05) is 12.6 Å². The van der Waals surface area contributed by atoms with Gasteiger partial charge in [-0.1, -0.05) is 17.3 Å². The lowest BCUT2D eigenvalue weighted by molar-refractivity contribution is 0.458. The second-order valence-electron chi connectivity index (χ2n) is 4.97. The second-order valence-corrected chi connectivity index (χ2v) is 5.79. The van der Waals surface area contributed by atoms with Gasteiger partial charge in [0.1, 0.15) is 0 Å². The lowest BCUT2D eigenvalue weighted by Crippen LogP contribution is -2.29. The molecule has 0 spiro atoms. The number of aromatic nitrogens is 4. The van der Waals surface area contributed by atoms with Crippen LogP contribution in [0.5, 0.6) is 0 Å². The molecule has 0 amide bonds. The fraction of sp³-hybridized carbons (Fsp3) is 0.583. The highest BCUT2D eigenvalue weighted by Gasteiger charge is 2.19. The third kappa shape index (κ3) is 2.83. The fourth-order valence-electron chi connectivity index (χ4n) is 2.64. The van der Waals surface area contributed by atoms with Gasteiger partial charge in [-0.2, -0.15) is 5.10 Å². The molecule has 0 aromatic carbocycles. The summed E-state index contributed by atoms with van der Waals surface area (Å²) in [5, 5.41) is 8.52. The number of nitrogens with one attached hydrogen (secondary N) is 1. The highest BCUT2D eigenvalue weighted by molar-refractivity contribution is 7.05. The SMILES string of the molecule is NNC(Cc1ccn(C2CCCC2)n1)c1cnns1. The molecule has 3 rings (SSSR count). The van der Waals surface area contributed by atoms with Gasteiger partial charge in [-0.25, -0.2) is 0 Å². The summed E-state index contributed by atoms with van der Waals surface area (Å²) in [6.07, 6.45) is 9.74. The average molecular weight is 278 g/mol. The van der Waals surface area contributed by atoms with E-state index in [0.717, 1.165) is 17.0 Å². The van der Waals surface area contributed by atoms with Crippen molar-refractivity contribution in [2.24, 2.45) is 5.84 Å². The molecule has 1 aliphatic carbocycles. The lowest BCUT2D eigenvalue weighted by atomic mass is 10.1. The Morgan fingerprint density at radius 1 is 1.47 bits per heavy atom. The maximum atomic E-state index is 5.61. The molecule has 2 aromatic heterocycles. The first-order valence-corrected chi connectivity index (χ1v) is 7.41. The van der Waals surface area contributed by atoms with E-state index in [-0.39, 0.29) is 6.04 Å². The highest BCUT2D eigenvalue weighted by atomic mass is 32.1. The standard InChI is InChI=1S/C12H18N6S/c13-15-11(12-8-14-17-19-12)7-9-5-6-18(16-9)10-3-1-2-4-10/h5-6,8,10-11,15H,1-4,7,13H2. The van der Waals surface area contributed by atoms with E-state index in [1.54, 1.807) is 6.20 Å². The van der Waals surface area contributed by atoms with Crippen molar-refractivity contribution in [3.8, 4) is 0 Å². The van der Waals surface area contributed by atoms with Gasteiger partial charge in [-0.3, -0.25) is 16.0 Å². The van der Waals surface area contributed by atoms with E-state index in [9.17, 15) is 0 Å². The minimum absolute atomic E-state index is 0.0342. The van der Waals surface area contributed by atoms with Crippen LogP contribution < -0.4 is 11.3 Å². The minimum atomic E-state index is 0.0342. The Labute approximate surface area is 116 Å². The van der Waals surface area contributed by atoms with Crippen LogP contribution >= 0.6 is 11.5 Å². The van der Waals surface area contributed by atoms with Crippen LogP contribution in [-0.4, -0.2) is 19.4 Å². The molecule has 1 fully saturated rings. The molecule has 7 heteroatoms. The first kappa shape index (κ1) is 12.7. The number of hydrazine groups is 1. The largest absolute Gasteiger partial charge is 0.271 e. The summed E-state index contributed by atoms with van der Waals surface area (Å²) in [5.74, 6) is 5.61. The zero-order valence-corrected chi connectivity index (χ0v) is 11.5. The normalized spacial score (nSPS) is 17.9. The Bertz CT molecular complexity index is 502. The molecule has 0 radical (unpaired) electrons. The smallest absolute Gasteiger partial charge is 0.0670 e. The van der Waals surface area contributed by atoms with E-state index in [1.807, 2.05) is 0 Å². The minimum Gasteiger partial charge on any atom is -0.271 e. The zero-order chi connectivity index (χ0) is 13.1. The van der Waals surface area contributed by atoms with Crippen LogP contribution in [0.25, 0.3) is 0 Å². The molecule has 1 aliphatic rings. The van der Waals surface area contributed by atoms with Crippen LogP contribution in [0.3, 0.4) is 0 Å². The molecule has 0 bridgehead atoms. The van der Waals surface area contributed by atoms with Crippen molar-refractivity contribution < 1.29 is 0 Å². The van der Waals surface area contributed by atoms with Crippen LogP contribution in [0.2, 0.25) is 0 Å². The number of rotatable bonds is 5. The van der Waals surface area contributed by atoms with Crippen LogP contribution in [0.4, 0.5) is 0 Å². The van der Waals surface area contributed by atoms with Gasteiger partial charge < -0.3 is 0 Å². The van der Waals surface area contributed by atoms with Crippen molar-refractivity contribution in [2.45, 2.75) is 44.2 Å². The third-order valence-corrected chi connectivity index (χ3v) is 4.48. The van der Waals surface area contributed by atoms with Gasteiger partial charge in [-0.15, -0.1) is 5.10 Å². The van der Waals surface area contributed by atoms with Crippen LogP contribution in [0.1, 0.15) is 48.3 Å². The molecule has 2 aromatic rings. The van der Waals surface area contributed by atoms with Crippen molar-refractivity contribution in [1.29, 1.82) is 0 Å². The van der Waals surface area contributed by atoms with Crippen molar-refractivity contribution in [3.63, 3.8) is 0 Å². The monoisotopic (exact) mass is 278 g/mol. The number of hydrogen-bond donors (Lipinski definition) is 2. The molecule has 2 heterocycles. The molecular formula is C12H18N6S. The fourth-order valence-corrected chi connectivity index (χ4v) is 3.20. The molecule has 1 atom stereocenters. The van der Waals surface area contributed by atoms with Crippen LogP contribution in [-0.2, 0) is 6.42 Å². The van der Waals surface area contributed by atoms with E-state index in [1.165, 1.54) is 37.2 Å². The summed E-state index contributed by atoms with van der Waals surface area (Å²) in [7, 11) is 0. The topological polar surface area (TPSA) is 81.6 Å². The Kier molecular flexibility index (Phi) is 3.86. The zero-order valence-electron chi connectivity index (χ0n) is 10.7. The predicted molar refractivity (Wildman–Crippen MR) is 73.4 cm³/mol. The van der Waals surface area contributed by atoms with Crippen LogP contribution in [0.15, 0.2) is 18.5 Å². The molecule has 6 nitrogen and oxygen atoms in total. The molecular weight excluding hydrogens is 260 g/mol. The van der Waals surface area contributed by atoms with Crippen molar-refractivity contribution in [2.75, 3.05) is 0 Å². The van der Waals surface area contributed by atoms with Gasteiger partial charge in [-0.05, 0) is 30.4 Å². The summed E-state index contributed by atoms with van der Waals surface area (Å²) >= 11 is 1.37. The maximum Gasteiger partial charge on any atom is 0.0670 e. The predicted octanol–water partition coefficient (Wildman–Crippen LogP) is 1.60. The van der Waals surface area contributed by atoms with E-state index >= 15 is 0 Å². The molecule has 0 saturated heterocycles. The van der Waals surface area contributed by atoms with E-state index in [2.05, 4.69) is 37.1 Å². The Morgan fingerprint density at radius 3 is 3.00 bits per heavy atom. The molecule has 19 heavy (non-hydrogen) atoms. The first-order chi connectivity index (χ1) is 9.36.